The lowest BCUT2D eigenvalue weighted by Gasteiger charge is -2.21. The van der Waals surface area contributed by atoms with Crippen LogP contribution in [0.5, 0.6) is 0 Å². The van der Waals surface area contributed by atoms with Crippen LogP contribution in [0.2, 0.25) is 0 Å². The molecule has 0 aliphatic carbocycles. The van der Waals surface area contributed by atoms with Crippen LogP contribution in [0.1, 0.15) is 33.4 Å². The lowest BCUT2D eigenvalue weighted by atomic mass is 10.1. The number of thiophene rings is 1. The smallest absolute Gasteiger partial charge is 0.239 e. The van der Waals surface area contributed by atoms with Crippen molar-refractivity contribution in [2.45, 2.75) is 39.8 Å². The molecule has 0 bridgehead atoms. The SMILES string of the molecule is CCNC(=NCc1coc(-c2cccs2)n1)NCC(=O)NC(C)(C)C.I. The van der Waals surface area contributed by atoms with E-state index < -0.39 is 0 Å². The van der Waals surface area contributed by atoms with Gasteiger partial charge in [-0.25, -0.2) is 9.98 Å². The number of carbonyl (C=O) groups excluding carboxylic acids is 1. The molecule has 0 aliphatic heterocycles. The first kappa shape index (κ1) is 22.4. The third kappa shape index (κ3) is 7.73. The zero-order chi connectivity index (χ0) is 18.3. The van der Waals surface area contributed by atoms with Crippen molar-refractivity contribution >= 4 is 47.2 Å². The first-order valence-corrected chi connectivity index (χ1v) is 9.07. The Hall–Kier alpha value is -1.62. The van der Waals surface area contributed by atoms with Gasteiger partial charge in [0.05, 0.1) is 18.0 Å². The number of amides is 1. The van der Waals surface area contributed by atoms with E-state index in [9.17, 15) is 4.79 Å². The fourth-order valence-corrected chi connectivity index (χ4v) is 2.68. The number of oxazole rings is 1. The van der Waals surface area contributed by atoms with Crippen molar-refractivity contribution in [3.05, 3.63) is 29.5 Å². The molecule has 0 aliphatic rings. The van der Waals surface area contributed by atoms with Crippen molar-refractivity contribution in [1.82, 2.24) is 20.9 Å². The average Bonchev–Trinajstić information content (AvgIpc) is 3.18. The summed E-state index contributed by atoms with van der Waals surface area (Å²) >= 11 is 1.58. The summed E-state index contributed by atoms with van der Waals surface area (Å²) in [5, 5.41) is 11.0. The fraction of sp³-hybridized carbons (Fsp3) is 0.471. The minimum atomic E-state index is -0.257. The molecule has 0 spiro atoms. The second-order valence-electron chi connectivity index (χ2n) is 6.47. The summed E-state index contributed by atoms with van der Waals surface area (Å²) in [4.78, 5) is 21.8. The summed E-state index contributed by atoms with van der Waals surface area (Å²) in [6.45, 7) is 9.02. The van der Waals surface area contributed by atoms with Crippen LogP contribution in [0.25, 0.3) is 10.8 Å². The Morgan fingerprint density at radius 1 is 1.35 bits per heavy atom. The minimum Gasteiger partial charge on any atom is -0.443 e. The van der Waals surface area contributed by atoms with Gasteiger partial charge < -0.3 is 20.4 Å². The van der Waals surface area contributed by atoms with Gasteiger partial charge in [-0.1, -0.05) is 6.07 Å². The molecule has 0 atom stereocenters. The van der Waals surface area contributed by atoms with Crippen molar-refractivity contribution in [3.8, 4) is 10.8 Å². The van der Waals surface area contributed by atoms with Gasteiger partial charge in [-0.3, -0.25) is 4.79 Å². The van der Waals surface area contributed by atoms with Crippen LogP contribution < -0.4 is 16.0 Å². The van der Waals surface area contributed by atoms with Crippen LogP contribution in [0, 0.1) is 0 Å². The third-order valence-corrected chi connectivity index (χ3v) is 3.82. The molecule has 2 aromatic heterocycles. The number of guanidine groups is 1. The summed E-state index contributed by atoms with van der Waals surface area (Å²) in [5.74, 6) is 1.08. The number of nitrogens with zero attached hydrogens (tertiary/aromatic N) is 2. The van der Waals surface area contributed by atoms with Crippen LogP contribution in [0.4, 0.5) is 0 Å². The number of rotatable bonds is 6. The highest BCUT2D eigenvalue weighted by Gasteiger charge is 2.13. The molecule has 0 aromatic carbocycles. The molecular formula is C17H26IN5O2S. The van der Waals surface area contributed by atoms with E-state index in [4.69, 9.17) is 4.42 Å². The van der Waals surface area contributed by atoms with Crippen LogP contribution in [-0.2, 0) is 11.3 Å². The molecule has 0 unspecified atom stereocenters. The molecule has 26 heavy (non-hydrogen) atoms. The number of nitrogens with one attached hydrogen (secondary N) is 3. The molecule has 0 saturated heterocycles. The molecule has 7 nitrogen and oxygen atoms in total. The summed E-state index contributed by atoms with van der Waals surface area (Å²) in [7, 11) is 0. The van der Waals surface area contributed by atoms with Gasteiger partial charge in [-0.2, -0.15) is 0 Å². The summed E-state index contributed by atoms with van der Waals surface area (Å²) in [6, 6.07) is 3.92. The normalized spacial score (nSPS) is 11.6. The maximum atomic E-state index is 11.9. The molecule has 2 aromatic rings. The number of carbonyl (C=O) groups is 1. The standard InChI is InChI=1S/C17H25N5O2S.HI/c1-5-18-16(20-10-14(23)22-17(2,3)4)19-9-12-11-24-15(21-12)13-7-6-8-25-13;/h6-8,11H,5,9-10H2,1-4H3,(H,22,23)(H2,18,19,20);1H. The topological polar surface area (TPSA) is 91.6 Å². The lowest BCUT2D eigenvalue weighted by molar-refractivity contribution is -0.121. The molecule has 3 N–H and O–H groups in total. The van der Waals surface area contributed by atoms with E-state index in [1.165, 1.54) is 0 Å². The van der Waals surface area contributed by atoms with Gasteiger partial charge in [0.1, 0.15) is 12.0 Å². The fourth-order valence-electron chi connectivity index (χ4n) is 2.02. The Morgan fingerprint density at radius 3 is 2.73 bits per heavy atom. The highest BCUT2D eigenvalue weighted by atomic mass is 127. The van der Waals surface area contributed by atoms with E-state index in [1.54, 1.807) is 17.6 Å². The predicted molar refractivity (Wildman–Crippen MR) is 116 cm³/mol. The summed E-state index contributed by atoms with van der Waals surface area (Å²) < 4.78 is 5.48. The van der Waals surface area contributed by atoms with Crippen LogP contribution >= 0.6 is 35.3 Å². The van der Waals surface area contributed by atoms with Gasteiger partial charge >= 0.3 is 0 Å². The molecule has 144 valence electrons. The number of halogens is 1. The second kappa shape index (κ2) is 10.5. The van der Waals surface area contributed by atoms with Crippen molar-refractivity contribution < 1.29 is 9.21 Å². The highest BCUT2D eigenvalue weighted by molar-refractivity contribution is 14.0. The Labute approximate surface area is 175 Å². The number of aromatic nitrogens is 1. The highest BCUT2D eigenvalue weighted by Crippen LogP contribution is 2.23. The molecule has 0 saturated carbocycles. The van der Waals surface area contributed by atoms with E-state index in [-0.39, 0.29) is 42.0 Å². The zero-order valence-corrected chi connectivity index (χ0v) is 18.6. The maximum Gasteiger partial charge on any atom is 0.239 e. The van der Waals surface area contributed by atoms with Gasteiger partial charge in [0.15, 0.2) is 5.96 Å². The van der Waals surface area contributed by atoms with Gasteiger partial charge in [0, 0.05) is 12.1 Å². The molecule has 0 fully saturated rings. The van der Waals surface area contributed by atoms with Gasteiger partial charge in [-0.15, -0.1) is 35.3 Å². The Kier molecular flexibility index (Phi) is 9.06. The lowest BCUT2D eigenvalue weighted by Crippen LogP contribution is -2.48. The van der Waals surface area contributed by atoms with Crippen molar-refractivity contribution in [3.63, 3.8) is 0 Å². The zero-order valence-electron chi connectivity index (χ0n) is 15.5. The Morgan fingerprint density at radius 2 is 2.12 bits per heavy atom. The number of hydrogen-bond donors (Lipinski definition) is 3. The maximum absolute atomic E-state index is 11.9. The summed E-state index contributed by atoms with van der Waals surface area (Å²) in [6.07, 6.45) is 1.61. The molecular weight excluding hydrogens is 465 g/mol. The minimum absolute atomic E-state index is 0. The Bertz CT molecular complexity index is 707. The average molecular weight is 491 g/mol. The molecule has 1 amide bonds. The first-order valence-electron chi connectivity index (χ1n) is 8.19. The first-order chi connectivity index (χ1) is 11.9. The van der Waals surface area contributed by atoms with E-state index in [2.05, 4.69) is 25.9 Å². The van der Waals surface area contributed by atoms with Crippen LogP contribution in [-0.4, -0.2) is 35.5 Å². The van der Waals surface area contributed by atoms with Gasteiger partial charge in [0.25, 0.3) is 0 Å². The molecule has 2 rings (SSSR count). The van der Waals surface area contributed by atoms with Crippen LogP contribution in [0.3, 0.4) is 0 Å². The largest absolute Gasteiger partial charge is 0.443 e. The van der Waals surface area contributed by atoms with Crippen LogP contribution in [0.15, 0.2) is 33.2 Å². The van der Waals surface area contributed by atoms with E-state index >= 15 is 0 Å². The quantitative estimate of drug-likeness (QED) is 0.329. The van der Waals surface area contributed by atoms with Crippen molar-refractivity contribution in [1.29, 1.82) is 0 Å². The summed E-state index contributed by atoms with van der Waals surface area (Å²) in [5.41, 5.74) is 0.479. The van der Waals surface area contributed by atoms with Crippen molar-refractivity contribution in [2.75, 3.05) is 13.1 Å². The van der Waals surface area contributed by atoms with E-state index in [0.29, 0.717) is 24.9 Å². The molecule has 2 heterocycles. The molecule has 0 radical (unpaired) electrons. The van der Waals surface area contributed by atoms with Gasteiger partial charge in [-0.05, 0) is 39.1 Å². The second-order valence-corrected chi connectivity index (χ2v) is 7.42. The predicted octanol–water partition coefficient (Wildman–Crippen LogP) is 2.99. The Balaban J connectivity index is 0.00000338. The van der Waals surface area contributed by atoms with Crippen molar-refractivity contribution in [2.24, 2.45) is 4.99 Å². The number of aliphatic imine (C=N–C) groups is 1. The van der Waals surface area contributed by atoms with E-state index in [0.717, 1.165) is 10.6 Å². The number of hydrogen-bond acceptors (Lipinski definition) is 5. The third-order valence-electron chi connectivity index (χ3n) is 2.96. The monoisotopic (exact) mass is 491 g/mol. The molecule has 9 heteroatoms. The van der Waals surface area contributed by atoms with E-state index in [1.807, 2.05) is 45.2 Å². The van der Waals surface area contributed by atoms with Gasteiger partial charge in [0.2, 0.25) is 11.8 Å².